The minimum Gasteiger partial charge on any atom is -0.478 e. The van der Waals surface area contributed by atoms with E-state index in [2.05, 4.69) is 22.2 Å². The monoisotopic (exact) mass is 223 g/mol. The lowest BCUT2D eigenvalue weighted by Crippen LogP contribution is -2.39. The molecule has 0 radical (unpaired) electrons. The highest BCUT2D eigenvalue weighted by Crippen LogP contribution is 2.23. The van der Waals surface area contributed by atoms with Crippen molar-refractivity contribution in [3.63, 3.8) is 0 Å². The highest BCUT2D eigenvalue weighted by molar-refractivity contribution is 5.38. The van der Waals surface area contributed by atoms with Crippen molar-refractivity contribution in [2.24, 2.45) is 0 Å². The molecule has 1 fully saturated rings. The average molecular weight is 223 g/mol. The maximum Gasteiger partial charge on any atom is 0.218 e. The Hall–Kier alpha value is -1.36. The van der Waals surface area contributed by atoms with Crippen LogP contribution in [0.1, 0.15) is 26.2 Å². The fourth-order valence-electron chi connectivity index (χ4n) is 1.62. The summed E-state index contributed by atoms with van der Waals surface area (Å²) < 4.78 is 5.41. The van der Waals surface area contributed by atoms with E-state index in [1.807, 2.05) is 0 Å². The van der Waals surface area contributed by atoms with Crippen LogP contribution in [0.5, 0.6) is 5.88 Å². The SMILES string of the molecule is CCCOc1cc(NC2CC(O)C2)ncn1. The Kier molecular flexibility index (Phi) is 3.56. The first-order valence-electron chi connectivity index (χ1n) is 5.67. The van der Waals surface area contributed by atoms with Crippen LogP contribution in [0.15, 0.2) is 12.4 Å². The average Bonchev–Trinajstić information content (AvgIpc) is 2.25. The predicted molar refractivity (Wildman–Crippen MR) is 60.5 cm³/mol. The molecule has 0 amide bonds. The summed E-state index contributed by atoms with van der Waals surface area (Å²) in [4.78, 5) is 8.13. The number of anilines is 1. The molecule has 5 nitrogen and oxygen atoms in total. The van der Waals surface area contributed by atoms with E-state index in [9.17, 15) is 0 Å². The molecule has 0 unspecified atom stereocenters. The first kappa shape index (κ1) is 11.1. The Bertz CT molecular complexity index is 340. The fourth-order valence-corrected chi connectivity index (χ4v) is 1.62. The van der Waals surface area contributed by atoms with E-state index >= 15 is 0 Å². The topological polar surface area (TPSA) is 67.3 Å². The molecule has 1 saturated carbocycles. The molecule has 16 heavy (non-hydrogen) atoms. The number of aliphatic hydroxyl groups is 1. The standard InChI is InChI=1S/C11H17N3O2/c1-2-3-16-11-6-10(12-7-13-11)14-8-4-9(15)5-8/h6-9,15H,2-5H2,1H3,(H,12,13,14). The highest BCUT2D eigenvalue weighted by atomic mass is 16.5. The van der Waals surface area contributed by atoms with Crippen molar-refractivity contribution < 1.29 is 9.84 Å². The van der Waals surface area contributed by atoms with Crippen LogP contribution in [0, 0.1) is 0 Å². The summed E-state index contributed by atoms with van der Waals surface area (Å²) in [6.07, 6.45) is 3.86. The van der Waals surface area contributed by atoms with E-state index in [-0.39, 0.29) is 6.10 Å². The van der Waals surface area contributed by atoms with E-state index in [0.29, 0.717) is 18.5 Å². The van der Waals surface area contributed by atoms with Gasteiger partial charge in [0.15, 0.2) is 0 Å². The van der Waals surface area contributed by atoms with Crippen LogP contribution in [-0.2, 0) is 0 Å². The van der Waals surface area contributed by atoms with E-state index in [0.717, 1.165) is 25.1 Å². The van der Waals surface area contributed by atoms with Crippen molar-refractivity contribution in [2.45, 2.75) is 38.3 Å². The zero-order valence-electron chi connectivity index (χ0n) is 9.39. The summed E-state index contributed by atoms with van der Waals surface area (Å²) in [5, 5.41) is 12.4. The molecule has 0 atom stereocenters. The van der Waals surface area contributed by atoms with E-state index < -0.39 is 0 Å². The van der Waals surface area contributed by atoms with Crippen LogP contribution in [0.25, 0.3) is 0 Å². The molecule has 0 aromatic carbocycles. The normalized spacial score (nSPS) is 23.6. The molecule has 0 bridgehead atoms. The predicted octanol–water partition coefficient (Wildman–Crippen LogP) is 1.20. The van der Waals surface area contributed by atoms with Crippen molar-refractivity contribution in [3.05, 3.63) is 12.4 Å². The number of hydrogen-bond donors (Lipinski definition) is 2. The summed E-state index contributed by atoms with van der Waals surface area (Å²) in [5.41, 5.74) is 0. The van der Waals surface area contributed by atoms with Gasteiger partial charge < -0.3 is 15.2 Å². The fraction of sp³-hybridized carbons (Fsp3) is 0.636. The largest absolute Gasteiger partial charge is 0.478 e. The van der Waals surface area contributed by atoms with Gasteiger partial charge >= 0.3 is 0 Å². The van der Waals surface area contributed by atoms with E-state index in [4.69, 9.17) is 9.84 Å². The van der Waals surface area contributed by atoms with Crippen LogP contribution >= 0.6 is 0 Å². The van der Waals surface area contributed by atoms with Crippen molar-refractivity contribution in [3.8, 4) is 5.88 Å². The summed E-state index contributed by atoms with van der Waals surface area (Å²) in [6, 6.07) is 2.12. The highest BCUT2D eigenvalue weighted by Gasteiger charge is 2.27. The molecule has 5 heteroatoms. The van der Waals surface area contributed by atoms with Gasteiger partial charge in [0.1, 0.15) is 12.1 Å². The second-order valence-corrected chi connectivity index (χ2v) is 4.06. The molecule has 0 saturated heterocycles. The van der Waals surface area contributed by atoms with Gasteiger partial charge in [-0.3, -0.25) is 0 Å². The number of rotatable bonds is 5. The van der Waals surface area contributed by atoms with Gasteiger partial charge in [0.25, 0.3) is 0 Å². The Morgan fingerprint density at radius 1 is 1.50 bits per heavy atom. The Balaban J connectivity index is 1.88. The quantitative estimate of drug-likeness (QED) is 0.785. The summed E-state index contributed by atoms with van der Waals surface area (Å²) >= 11 is 0. The van der Waals surface area contributed by atoms with Crippen LogP contribution in [-0.4, -0.2) is 33.8 Å². The number of nitrogens with zero attached hydrogens (tertiary/aromatic N) is 2. The first-order chi connectivity index (χ1) is 7.78. The van der Waals surface area contributed by atoms with Gasteiger partial charge in [-0.05, 0) is 19.3 Å². The summed E-state index contributed by atoms with van der Waals surface area (Å²) in [6.45, 7) is 2.72. The second-order valence-electron chi connectivity index (χ2n) is 4.06. The lowest BCUT2D eigenvalue weighted by Gasteiger charge is -2.32. The molecule has 2 rings (SSSR count). The molecule has 2 N–H and O–H groups in total. The molecule has 0 spiro atoms. The number of aliphatic hydroxyl groups excluding tert-OH is 1. The Labute approximate surface area is 94.9 Å². The smallest absolute Gasteiger partial charge is 0.218 e. The van der Waals surface area contributed by atoms with Gasteiger partial charge in [-0.25, -0.2) is 9.97 Å². The van der Waals surface area contributed by atoms with Crippen LogP contribution in [0.2, 0.25) is 0 Å². The van der Waals surface area contributed by atoms with Crippen molar-refractivity contribution >= 4 is 5.82 Å². The maximum absolute atomic E-state index is 9.17. The molecular formula is C11H17N3O2. The third-order valence-electron chi connectivity index (χ3n) is 2.56. The van der Waals surface area contributed by atoms with Gasteiger partial charge in [0.2, 0.25) is 5.88 Å². The van der Waals surface area contributed by atoms with E-state index in [1.165, 1.54) is 6.33 Å². The Morgan fingerprint density at radius 3 is 3.00 bits per heavy atom. The van der Waals surface area contributed by atoms with E-state index in [1.54, 1.807) is 6.07 Å². The molecule has 1 aliphatic rings. The zero-order valence-corrected chi connectivity index (χ0v) is 9.39. The lowest BCUT2D eigenvalue weighted by molar-refractivity contribution is 0.0835. The molecule has 1 aromatic rings. The number of nitrogens with one attached hydrogen (secondary N) is 1. The third-order valence-corrected chi connectivity index (χ3v) is 2.56. The maximum atomic E-state index is 9.17. The van der Waals surface area contributed by atoms with Gasteiger partial charge in [-0.1, -0.05) is 6.92 Å². The molecule has 1 heterocycles. The van der Waals surface area contributed by atoms with Gasteiger partial charge in [-0.15, -0.1) is 0 Å². The van der Waals surface area contributed by atoms with Crippen LogP contribution in [0.3, 0.4) is 0 Å². The summed E-state index contributed by atoms with van der Waals surface area (Å²) in [5.74, 6) is 1.36. The van der Waals surface area contributed by atoms with Crippen molar-refractivity contribution in [1.29, 1.82) is 0 Å². The van der Waals surface area contributed by atoms with Crippen molar-refractivity contribution in [2.75, 3.05) is 11.9 Å². The Morgan fingerprint density at radius 2 is 2.31 bits per heavy atom. The van der Waals surface area contributed by atoms with Gasteiger partial charge in [0, 0.05) is 12.1 Å². The molecule has 1 aliphatic carbocycles. The van der Waals surface area contributed by atoms with Crippen molar-refractivity contribution in [1.82, 2.24) is 9.97 Å². The van der Waals surface area contributed by atoms with Gasteiger partial charge in [0.05, 0.1) is 12.7 Å². The third kappa shape index (κ3) is 2.82. The summed E-state index contributed by atoms with van der Waals surface area (Å²) in [7, 11) is 0. The molecule has 88 valence electrons. The number of hydrogen-bond acceptors (Lipinski definition) is 5. The minimum atomic E-state index is -0.157. The molecular weight excluding hydrogens is 206 g/mol. The minimum absolute atomic E-state index is 0.157. The number of aromatic nitrogens is 2. The molecule has 0 aliphatic heterocycles. The second kappa shape index (κ2) is 5.12. The molecule has 1 aromatic heterocycles. The van der Waals surface area contributed by atoms with Crippen LogP contribution in [0.4, 0.5) is 5.82 Å². The van der Waals surface area contributed by atoms with Crippen LogP contribution < -0.4 is 10.1 Å². The van der Waals surface area contributed by atoms with Gasteiger partial charge in [-0.2, -0.15) is 0 Å². The lowest BCUT2D eigenvalue weighted by atomic mass is 9.89. The first-order valence-corrected chi connectivity index (χ1v) is 5.67. The number of ether oxygens (including phenoxy) is 1. The zero-order chi connectivity index (χ0) is 11.4.